The van der Waals surface area contributed by atoms with E-state index in [4.69, 9.17) is 4.84 Å². The number of oxime groups is 1. The predicted octanol–water partition coefficient (Wildman–Crippen LogP) is 3.14. The Labute approximate surface area is 148 Å². The van der Waals surface area contributed by atoms with E-state index < -0.39 is 12.2 Å². The van der Waals surface area contributed by atoms with Crippen LogP contribution in [-0.4, -0.2) is 30.9 Å². The maximum absolute atomic E-state index is 13.3. The van der Waals surface area contributed by atoms with E-state index in [0.29, 0.717) is 22.6 Å². The van der Waals surface area contributed by atoms with Crippen molar-refractivity contribution < 1.29 is 23.6 Å². The molecule has 0 saturated heterocycles. The van der Waals surface area contributed by atoms with Gasteiger partial charge in [0.25, 0.3) is 5.91 Å². The second-order valence-corrected chi connectivity index (χ2v) is 5.53. The molecule has 2 N–H and O–H groups in total. The third-order valence-electron chi connectivity index (χ3n) is 3.70. The Hall–Kier alpha value is -3.42. The second kappa shape index (κ2) is 7.64. The molecule has 0 bridgehead atoms. The van der Waals surface area contributed by atoms with Crippen molar-refractivity contribution in [3.63, 3.8) is 0 Å². The van der Waals surface area contributed by atoms with E-state index in [1.807, 2.05) is 0 Å². The van der Waals surface area contributed by atoms with Gasteiger partial charge in [0.1, 0.15) is 5.82 Å². The first-order valence-corrected chi connectivity index (χ1v) is 7.79. The molecule has 0 spiro atoms. The summed E-state index contributed by atoms with van der Waals surface area (Å²) >= 11 is 0. The zero-order valence-electron chi connectivity index (χ0n) is 13.9. The molecular weight excluding hydrogens is 341 g/mol. The van der Waals surface area contributed by atoms with Crippen LogP contribution in [0.15, 0.2) is 53.7 Å². The smallest absolute Gasteiger partial charge is 0.411 e. The number of benzene rings is 2. The number of hydrogen-bond acceptors (Lipinski definition) is 5. The minimum absolute atomic E-state index is 0.247. The maximum atomic E-state index is 13.3. The number of carbonyl (C=O) groups excluding carboxylic acids is 2. The van der Waals surface area contributed by atoms with E-state index in [-0.39, 0.29) is 18.1 Å². The number of methoxy groups -OCH3 is 1. The molecule has 134 valence electrons. The highest BCUT2D eigenvalue weighted by Gasteiger charge is 2.29. The summed E-state index contributed by atoms with van der Waals surface area (Å²) in [5, 5.41) is 9.09. The van der Waals surface area contributed by atoms with Gasteiger partial charge in [-0.25, -0.2) is 9.18 Å². The van der Waals surface area contributed by atoms with E-state index in [2.05, 4.69) is 20.5 Å². The first-order valence-electron chi connectivity index (χ1n) is 7.79. The van der Waals surface area contributed by atoms with Gasteiger partial charge < -0.3 is 14.9 Å². The number of anilines is 2. The van der Waals surface area contributed by atoms with Crippen molar-refractivity contribution in [1.82, 2.24) is 0 Å². The van der Waals surface area contributed by atoms with E-state index in [9.17, 15) is 14.0 Å². The summed E-state index contributed by atoms with van der Waals surface area (Å²) in [4.78, 5) is 28.6. The molecule has 8 heteroatoms. The lowest BCUT2D eigenvalue weighted by atomic mass is 10.0. The fraction of sp³-hybridized carbons (Fsp3) is 0.167. The Morgan fingerprint density at radius 2 is 1.85 bits per heavy atom. The molecule has 1 atom stereocenters. The van der Waals surface area contributed by atoms with Gasteiger partial charge >= 0.3 is 6.09 Å². The lowest BCUT2D eigenvalue weighted by Crippen LogP contribution is -2.28. The maximum Gasteiger partial charge on any atom is 0.411 e. The largest absolute Gasteiger partial charge is 0.453 e. The molecule has 7 nitrogen and oxygen atoms in total. The Bertz CT molecular complexity index is 852. The summed E-state index contributed by atoms with van der Waals surface area (Å²) < 4.78 is 17.8. The van der Waals surface area contributed by atoms with Crippen molar-refractivity contribution in [2.75, 3.05) is 17.7 Å². The first-order chi connectivity index (χ1) is 12.5. The molecule has 0 saturated carbocycles. The Kier molecular flexibility index (Phi) is 5.12. The van der Waals surface area contributed by atoms with Crippen LogP contribution in [0.1, 0.15) is 12.0 Å². The molecule has 0 aromatic heterocycles. The van der Waals surface area contributed by atoms with E-state index in [0.717, 1.165) is 0 Å². The quantitative estimate of drug-likeness (QED) is 0.880. The monoisotopic (exact) mass is 357 g/mol. The fourth-order valence-electron chi connectivity index (χ4n) is 2.39. The first kappa shape index (κ1) is 17.4. The SMILES string of the molecule is COC(=O)Nc1ccc(NC(=O)C2CC(c3cccc(F)c3)=NO2)cc1. The van der Waals surface area contributed by atoms with Crippen molar-refractivity contribution in [2.24, 2.45) is 5.16 Å². The van der Waals surface area contributed by atoms with Crippen molar-refractivity contribution in [3.8, 4) is 0 Å². The molecule has 1 unspecified atom stereocenters. The van der Waals surface area contributed by atoms with E-state index in [1.54, 1.807) is 36.4 Å². The number of nitrogens with one attached hydrogen (secondary N) is 2. The molecule has 2 amide bonds. The highest BCUT2D eigenvalue weighted by atomic mass is 19.1. The summed E-state index contributed by atoms with van der Waals surface area (Å²) in [6, 6.07) is 12.5. The molecule has 2 aromatic carbocycles. The van der Waals surface area contributed by atoms with Crippen molar-refractivity contribution in [2.45, 2.75) is 12.5 Å². The van der Waals surface area contributed by atoms with Crippen LogP contribution in [0, 0.1) is 5.82 Å². The number of amides is 2. The van der Waals surface area contributed by atoms with Gasteiger partial charge in [-0.05, 0) is 36.4 Å². The lowest BCUT2D eigenvalue weighted by molar-refractivity contribution is -0.125. The van der Waals surface area contributed by atoms with Gasteiger partial charge in [-0.15, -0.1) is 0 Å². The highest BCUT2D eigenvalue weighted by Crippen LogP contribution is 2.20. The Balaban J connectivity index is 1.57. The normalized spacial score (nSPS) is 15.6. The van der Waals surface area contributed by atoms with Gasteiger partial charge in [0.05, 0.1) is 12.8 Å². The Morgan fingerprint density at radius 1 is 1.15 bits per heavy atom. The number of carbonyl (C=O) groups is 2. The van der Waals surface area contributed by atoms with Crippen LogP contribution < -0.4 is 10.6 Å². The predicted molar refractivity (Wildman–Crippen MR) is 93.5 cm³/mol. The van der Waals surface area contributed by atoms with Crippen LogP contribution in [-0.2, 0) is 14.4 Å². The summed E-state index contributed by atoms with van der Waals surface area (Å²) in [7, 11) is 1.27. The molecule has 26 heavy (non-hydrogen) atoms. The minimum Gasteiger partial charge on any atom is -0.453 e. The number of nitrogens with zero attached hydrogens (tertiary/aromatic N) is 1. The van der Waals surface area contributed by atoms with Gasteiger partial charge in [-0.2, -0.15) is 0 Å². The molecular formula is C18H16FN3O4. The number of hydrogen-bond donors (Lipinski definition) is 2. The number of rotatable bonds is 4. The summed E-state index contributed by atoms with van der Waals surface area (Å²) in [6.07, 6.45) is -1.12. The topological polar surface area (TPSA) is 89.0 Å². The van der Waals surface area contributed by atoms with Crippen LogP contribution in [0.4, 0.5) is 20.6 Å². The second-order valence-electron chi connectivity index (χ2n) is 5.53. The Morgan fingerprint density at radius 3 is 2.50 bits per heavy atom. The van der Waals surface area contributed by atoms with Crippen LogP contribution in [0.25, 0.3) is 0 Å². The van der Waals surface area contributed by atoms with Gasteiger partial charge in [-0.3, -0.25) is 10.1 Å². The highest BCUT2D eigenvalue weighted by molar-refractivity contribution is 6.06. The zero-order chi connectivity index (χ0) is 18.5. The van der Waals surface area contributed by atoms with Gasteiger partial charge in [-0.1, -0.05) is 17.3 Å². The van der Waals surface area contributed by atoms with Gasteiger partial charge in [0.15, 0.2) is 0 Å². The average molecular weight is 357 g/mol. The minimum atomic E-state index is -0.791. The summed E-state index contributed by atoms with van der Waals surface area (Å²) in [5.74, 6) is -0.743. The van der Waals surface area contributed by atoms with Gasteiger partial charge in [0, 0.05) is 23.4 Å². The van der Waals surface area contributed by atoms with Crippen molar-refractivity contribution in [3.05, 3.63) is 59.9 Å². The molecule has 1 heterocycles. The molecule has 0 fully saturated rings. The van der Waals surface area contributed by atoms with Crippen LogP contribution in [0.2, 0.25) is 0 Å². The zero-order valence-corrected chi connectivity index (χ0v) is 13.9. The summed E-state index contributed by atoms with van der Waals surface area (Å²) in [6.45, 7) is 0. The number of halogens is 1. The van der Waals surface area contributed by atoms with E-state index >= 15 is 0 Å². The van der Waals surface area contributed by atoms with Crippen molar-refractivity contribution in [1.29, 1.82) is 0 Å². The average Bonchev–Trinajstić information content (AvgIpc) is 3.13. The number of ether oxygens (including phenoxy) is 1. The standard InChI is InChI=1S/C18H16FN3O4/c1-25-18(24)21-14-7-5-13(6-8-14)20-17(23)16-10-15(22-26-16)11-3-2-4-12(19)9-11/h2-9,16H,10H2,1H3,(H,20,23)(H,21,24). The fourth-order valence-corrected chi connectivity index (χ4v) is 2.39. The molecule has 1 aliphatic rings. The molecule has 2 aromatic rings. The molecule has 3 rings (SSSR count). The molecule has 0 aliphatic carbocycles. The van der Waals surface area contributed by atoms with E-state index in [1.165, 1.54) is 19.2 Å². The van der Waals surface area contributed by atoms with Crippen LogP contribution in [0.5, 0.6) is 0 Å². The van der Waals surface area contributed by atoms with Crippen LogP contribution >= 0.6 is 0 Å². The third-order valence-corrected chi connectivity index (χ3v) is 3.70. The lowest BCUT2D eigenvalue weighted by Gasteiger charge is -2.10. The molecule has 1 aliphatic heterocycles. The molecule has 0 radical (unpaired) electrons. The third kappa shape index (κ3) is 4.15. The summed E-state index contributed by atoms with van der Waals surface area (Å²) in [5.41, 5.74) is 2.16. The van der Waals surface area contributed by atoms with Gasteiger partial charge in [0.2, 0.25) is 6.10 Å². The van der Waals surface area contributed by atoms with Crippen molar-refractivity contribution >= 4 is 29.1 Å². The van der Waals surface area contributed by atoms with Crippen LogP contribution in [0.3, 0.4) is 0 Å².